The van der Waals surface area contributed by atoms with Crippen LogP contribution < -0.4 is 11.1 Å². The Balaban J connectivity index is 2.39. The molecule has 1 atom stereocenters. The Kier molecular flexibility index (Phi) is 4.50. The van der Waals surface area contributed by atoms with Crippen LogP contribution in [0.4, 0.5) is 0 Å². The van der Waals surface area contributed by atoms with E-state index in [-0.39, 0.29) is 23.8 Å². The largest absolute Gasteiger partial charge is 0.508 e. The van der Waals surface area contributed by atoms with E-state index in [0.717, 1.165) is 11.8 Å². The molecule has 0 fully saturated rings. The van der Waals surface area contributed by atoms with Crippen LogP contribution >= 0.6 is 11.8 Å². The van der Waals surface area contributed by atoms with Crippen molar-refractivity contribution in [1.82, 2.24) is 5.32 Å². The van der Waals surface area contributed by atoms with Gasteiger partial charge in [-0.2, -0.15) is 5.26 Å². The fourth-order valence-corrected chi connectivity index (χ4v) is 2.92. The van der Waals surface area contributed by atoms with Crippen LogP contribution in [-0.2, 0) is 9.59 Å². The van der Waals surface area contributed by atoms with Crippen molar-refractivity contribution < 1.29 is 14.7 Å². The number of amides is 2. The van der Waals surface area contributed by atoms with Gasteiger partial charge in [-0.3, -0.25) is 9.59 Å². The Morgan fingerprint density at radius 3 is 2.95 bits per heavy atom. The maximum Gasteiger partial charge on any atom is 0.227 e. The summed E-state index contributed by atoms with van der Waals surface area (Å²) in [6, 6.07) is 8.52. The highest BCUT2D eigenvalue weighted by atomic mass is 32.2. The number of phenols is 1. The molecule has 1 aliphatic heterocycles. The van der Waals surface area contributed by atoms with E-state index in [1.54, 1.807) is 12.1 Å². The third kappa shape index (κ3) is 3.55. The van der Waals surface area contributed by atoms with Gasteiger partial charge in [-0.25, -0.2) is 0 Å². The third-order valence-electron chi connectivity index (χ3n) is 2.99. The lowest BCUT2D eigenvalue weighted by molar-refractivity contribution is -0.121. The summed E-state index contributed by atoms with van der Waals surface area (Å²) < 4.78 is 0. The van der Waals surface area contributed by atoms with Crippen LogP contribution in [0, 0.1) is 11.3 Å². The van der Waals surface area contributed by atoms with Gasteiger partial charge in [-0.1, -0.05) is 23.9 Å². The van der Waals surface area contributed by atoms with Gasteiger partial charge < -0.3 is 16.2 Å². The second kappa shape index (κ2) is 6.33. The summed E-state index contributed by atoms with van der Waals surface area (Å²) in [5.74, 6) is -1.16. The number of hydrogen-bond acceptors (Lipinski definition) is 5. The molecule has 7 heteroatoms. The molecule has 0 aliphatic carbocycles. The second-order valence-electron chi connectivity index (χ2n) is 4.51. The molecule has 108 valence electrons. The molecule has 21 heavy (non-hydrogen) atoms. The number of rotatable bonds is 4. The second-order valence-corrected chi connectivity index (χ2v) is 5.50. The SMILES string of the molecule is N#CC1=C(SCC(N)=O)NC(=O)C[C@@H]1c1cccc(O)c1. The molecule has 6 nitrogen and oxygen atoms in total. The van der Waals surface area contributed by atoms with Gasteiger partial charge in [0.2, 0.25) is 11.8 Å². The van der Waals surface area contributed by atoms with Crippen LogP contribution in [0.2, 0.25) is 0 Å². The fourth-order valence-electron chi connectivity index (χ4n) is 2.10. The summed E-state index contributed by atoms with van der Waals surface area (Å²) in [5, 5.41) is 21.9. The van der Waals surface area contributed by atoms with E-state index in [1.807, 2.05) is 0 Å². The highest BCUT2D eigenvalue weighted by molar-refractivity contribution is 8.03. The summed E-state index contributed by atoms with van der Waals surface area (Å²) in [5.41, 5.74) is 6.13. The Morgan fingerprint density at radius 2 is 2.33 bits per heavy atom. The van der Waals surface area contributed by atoms with Crippen molar-refractivity contribution >= 4 is 23.6 Å². The zero-order valence-corrected chi connectivity index (χ0v) is 11.8. The van der Waals surface area contributed by atoms with E-state index in [2.05, 4.69) is 11.4 Å². The molecule has 1 aromatic rings. The number of hydrogen-bond donors (Lipinski definition) is 3. The highest BCUT2D eigenvalue weighted by Crippen LogP contribution is 2.36. The molecule has 0 bridgehead atoms. The van der Waals surface area contributed by atoms with E-state index in [9.17, 15) is 20.0 Å². The molecular formula is C14H13N3O3S. The number of carbonyl (C=O) groups excluding carboxylic acids is 2. The molecule has 2 rings (SSSR count). The molecule has 0 saturated heterocycles. The van der Waals surface area contributed by atoms with Crippen molar-refractivity contribution in [1.29, 1.82) is 5.26 Å². The van der Waals surface area contributed by atoms with Gasteiger partial charge in [0.15, 0.2) is 0 Å². The number of allylic oxidation sites excluding steroid dienone is 1. The average Bonchev–Trinajstić information content (AvgIpc) is 2.44. The molecule has 0 aromatic heterocycles. The monoisotopic (exact) mass is 303 g/mol. The average molecular weight is 303 g/mol. The summed E-state index contributed by atoms with van der Waals surface area (Å²) >= 11 is 1.03. The Hall–Kier alpha value is -2.46. The van der Waals surface area contributed by atoms with Gasteiger partial charge in [0, 0.05) is 12.3 Å². The minimum absolute atomic E-state index is 0.0203. The number of benzene rings is 1. The van der Waals surface area contributed by atoms with Gasteiger partial charge in [0.1, 0.15) is 5.75 Å². The minimum Gasteiger partial charge on any atom is -0.508 e. The first-order chi connectivity index (χ1) is 10.0. The zero-order valence-electron chi connectivity index (χ0n) is 11.0. The van der Waals surface area contributed by atoms with Gasteiger partial charge >= 0.3 is 0 Å². The number of thioether (sulfide) groups is 1. The van der Waals surface area contributed by atoms with Crippen LogP contribution in [-0.4, -0.2) is 22.7 Å². The number of nitrogens with two attached hydrogens (primary N) is 1. The molecule has 0 spiro atoms. The maximum absolute atomic E-state index is 11.8. The normalized spacial score (nSPS) is 18.0. The molecule has 0 unspecified atom stereocenters. The summed E-state index contributed by atoms with van der Waals surface area (Å²) in [6.07, 6.45) is 0.118. The predicted octanol–water partition coefficient (Wildman–Crippen LogP) is 0.949. The van der Waals surface area contributed by atoms with Gasteiger partial charge in [0.05, 0.1) is 22.4 Å². The fraction of sp³-hybridized carbons (Fsp3) is 0.214. The van der Waals surface area contributed by atoms with E-state index in [1.165, 1.54) is 12.1 Å². The number of nitrogens with zero attached hydrogens (tertiary/aromatic N) is 1. The van der Waals surface area contributed by atoms with Crippen LogP contribution in [0.15, 0.2) is 34.9 Å². The molecule has 0 radical (unpaired) electrons. The van der Waals surface area contributed by atoms with Gasteiger partial charge in [-0.15, -0.1) is 0 Å². The van der Waals surface area contributed by atoms with Crippen LogP contribution in [0.3, 0.4) is 0 Å². The lowest BCUT2D eigenvalue weighted by Gasteiger charge is -2.24. The van der Waals surface area contributed by atoms with Gasteiger partial charge in [0.25, 0.3) is 0 Å². The van der Waals surface area contributed by atoms with E-state index < -0.39 is 11.8 Å². The van der Waals surface area contributed by atoms with Gasteiger partial charge in [-0.05, 0) is 17.7 Å². The smallest absolute Gasteiger partial charge is 0.227 e. The molecule has 0 saturated carbocycles. The van der Waals surface area contributed by atoms with Crippen LogP contribution in [0.5, 0.6) is 5.75 Å². The van der Waals surface area contributed by atoms with Crippen LogP contribution in [0.1, 0.15) is 17.9 Å². The number of nitriles is 1. The Labute approximate surface area is 125 Å². The van der Waals surface area contributed by atoms with Crippen molar-refractivity contribution in [2.45, 2.75) is 12.3 Å². The van der Waals surface area contributed by atoms with Crippen molar-refractivity contribution in [3.63, 3.8) is 0 Å². The molecule has 4 N–H and O–H groups in total. The first kappa shape index (κ1) is 14.9. The van der Waals surface area contributed by atoms with Crippen LogP contribution in [0.25, 0.3) is 0 Å². The number of nitrogens with one attached hydrogen (secondary N) is 1. The first-order valence-corrected chi connectivity index (χ1v) is 7.14. The summed E-state index contributed by atoms with van der Waals surface area (Å²) in [7, 11) is 0. The topological polar surface area (TPSA) is 116 Å². The van der Waals surface area contributed by atoms with E-state index in [0.29, 0.717) is 16.2 Å². The lowest BCUT2D eigenvalue weighted by Crippen LogP contribution is -2.31. The zero-order chi connectivity index (χ0) is 15.4. The highest BCUT2D eigenvalue weighted by Gasteiger charge is 2.29. The van der Waals surface area contributed by atoms with E-state index in [4.69, 9.17) is 5.73 Å². The number of aromatic hydroxyl groups is 1. The van der Waals surface area contributed by atoms with Crippen molar-refractivity contribution in [3.8, 4) is 11.8 Å². The summed E-state index contributed by atoms with van der Waals surface area (Å²) in [4.78, 5) is 22.7. The predicted molar refractivity (Wildman–Crippen MR) is 77.9 cm³/mol. The number of phenolic OH excluding ortho intramolecular Hbond substituents is 1. The van der Waals surface area contributed by atoms with E-state index >= 15 is 0 Å². The molecule has 1 aliphatic rings. The third-order valence-corrected chi connectivity index (χ3v) is 4.03. The Morgan fingerprint density at radius 1 is 1.57 bits per heavy atom. The molecular weight excluding hydrogens is 290 g/mol. The molecule has 2 amide bonds. The Bertz CT molecular complexity index is 664. The molecule has 1 heterocycles. The van der Waals surface area contributed by atoms with Crippen molar-refractivity contribution in [2.75, 3.05) is 5.75 Å². The first-order valence-electron chi connectivity index (χ1n) is 6.15. The quantitative estimate of drug-likeness (QED) is 0.765. The lowest BCUT2D eigenvalue weighted by atomic mass is 9.87. The minimum atomic E-state index is -0.529. The number of carbonyl (C=O) groups is 2. The maximum atomic E-state index is 11.8. The number of primary amides is 1. The van der Waals surface area contributed by atoms with Crippen molar-refractivity contribution in [3.05, 3.63) is 40.4 Å². The van der Waals surface area contributed by atoms with Crippen molar-refractivity contribution in [2.24, 2.45) is 5.73 Å². The standard InChI is InChI=1S/C14H13N3O3S/c15-6-11-10(8-2-1-3-9(18)4-8)5-13(20)17-14(11)21-7-12(16)19/h1-4,10,18H,5,7H2,(H2,16,19)(H,17,20)/t10-/m1/s1. The molecule has 1 aromatic carbocycles. The summed E-state index contributed by atoms with van der Waals surface area (Å²) in [6.45, 7) is 0.